The highest BCUT2D eigenvalue weighted by atomic mass is 19.1. The lowest BCUT2D eigenvalue weighted by molar-refractivity contribution is 0.110. The number of carbonyl (C=O) groups excluding carboxylic acids is 1. The molecule has 0 unspecified atom stereocenters. The van der Waals surface area contributed by atoms with Crippen molar-refractivity contribution >= 4 is 17.3 Å². The first kappa shape index (κ1) is 11.4. The summed E-state index contributed by atoms with van der Waals surface area (Å²) >= 11 is 0. The number of hydrogen-bond acceptors (Lipinski definition) is 2. The van der Waals surface area contributed by atoms with E-state index in [0.29, 0.717) is 17.4 Å². The molecule has 0 saturated heterocycles. The number of aldehydes is 1. The number of aromatic nitrogens is 2. The SMILES string of the molecule is O=Cc1nc2cc(F)ccc2n1C1CCCCC1. The fourth-order valence-corrected chi connectivity index (χ4v) is 2.90. The van der Waals surface area contributed by atoms with E-state index >= 15 is 0 Å². The molecule has 1 saturated carbocycles. The number of benzene rings is 1. The summed E-state index contributed by atoms with van der Waals surface area (Å²) in [5, 5.41) is 0. The van der Waals surface area contributed by atoms with E-state index in [2.05, 4.69) is 4.98 Å². The van der Waals surface area contributed by atoms with E-state index in [9.17, 15) is 9.18 Å². The van der Waals surface area contributed by atoms with Gasteiger partial charge in [-0.1, -0.05) is 19.3 Å². The van der Waals surface area contributed by atoms with Crippen molar-refractivity contribution < 1.29 is 9.18 Å². The molecule has 0 aliphatic heterocycles. The van der Waals surface area contributed by atoms with Crippen molar-refractivity contribution in [1.29, 1.82) is 0 Å². The molecule has 0 bridgehead atoms. The highest BCUT2D eigenvalue weighted by molar-refractivity contribution is 5.83. The third-order valence-corrected chi connectivity index (χ3v) is 3.72. The summed E-state index contributed by atoms with van der Waals surface area (Å²) in [6.45, 7) is 0. The Kier molecular flexibility index (Phi) is 2.86. The van der Waals surface area contributed by atoms with Crippen LogP contribution >= 0.6 is 0 Å². The van der Waals surface area contributed by atoms with Crippen LogP contribution in [0.2, 0.25) is 0 Å². The van der Waals surface area contributed by atoms with Crippen molar-refractivity contribution in [1.82, 2.24) is 9.55 Å². The molecule has 1 aliphatic carbocycles. The zero-order valence-corrected chi connectivity index (χ0v) is 10.1. The molecular weight excluding hydrogens is 231 g/mol. The number of imidazole rings is 1. The van der Waals surface area contributed by atoms with Gasteiger partial charge >= 0.3 is 0 Å². The average Bonchev–Trinajstić information content (AvgIpc) is 2.77. The van der Waals surface area contributed by atoms with E-state index in [4.69, 9.17) is 0 Å². The predicted molar refractivity (Wildman–Crippen MR) is 67.2 cm³/mol. The first-order valence-corrected chi connectivity index (χ1v) is 6.42. The van der Waals surface area contributed by atoms with Crippen LogP contribution in [0.3, 0.4) is 0 Å². The normalized spacial score (nSPS) is 17.2. The summed E-state index contributed by atoms with van der Waals surface area (Å²) in [6.07, 6.45) is 6.54. The van der Waals surface area contributed by atoms with Crippen molar-refractivity contribution in [2.75, 3.05) is 0 Å². The Hall–Kier alpha value is -1.71. The van der Waals surface area contributed by atoms with E-state index in [1.54, 1.807) is 6.07 Å². The number of fused-ring (bicyclic) bond motifs is 1. The van der Waals surface area contributed by atoms with Crippen LogP contribution in [0.1, 0.15) is 48.8 Å². The molecule has 1 fully saturated rings. The van der Waals surface area contributed by atoms with Gasteiger partial charge in [-0.25, -0.2) is 9.37 Å². The van der Waals surface area contributed by atoms with Gasteiger partial charge < -0.3 is 4.57 Å². The summed E-state index contributed by atoms with van der Waals surface area (Å²) < 4.78 is 15.2. The van der Waals surface area contributed by atoms with Crippen LogP contribution in [0.4, 0.5) is 4.39 Å². The van der Waals surface area contributed by atoms with Gasteiger partial charge in [0.15, 0.2) is 12.1 Å². The fraction of sp³-hybridized carbons (Fsp3) is 0.429. The number of nitrogens with zero attached hydrogens (tertiary/aromatic N) is 2. The predicted octanol–water partition coefficient (Wildman–Crippen LogP) is 3.49. The van der Waals surface area contributed by atoms with Crippen LogP contribution in [0, 0.1) is 5.82 Å². The Labute approximate surface area is 105 Å². The van der Waals surface area contributed by atoms with E-state index in [1.807, 2.05) is 4.57 Å². The van der Waals surface area contributed by atoms with Crippen LogP contribution in [-0.4, -0.2) is 15.8 Å². The van der Waals surface area contributed by atoms with Gasteiger partial charge in [0.25, 0.3) is 0 Å². The molecule has 1 aromatic heterocycles. The van der Waals surface area contributed by atoms with Crippen molar-refractivity contribution in [3.05, 3.63) is 29.8 Å². The van der Waals surface area contributed by atoms with Crippen molar-refractivity contribution in [3.8, 4) is 0 Å². The Balaban J connectivity index is 2.15. The van der Waals surface area contributed by atoms with Crippen LogP contribution in [0.5, 0.6) is 0 Å². The maximum atomic E-state index is 13.2. The lowest BCUT2D eigenvalue weighted by Crippen LogP contribution is -2.15. The van der Waals surface area contributed by atoms with Crippen LogP contribution in [0.25, 0.3) is 11.0 Å². The minimum Gasteiger partial charge on any atom is -0.319 e. The van der Waals surface area contributed by atoms with E-state index in [0.717, 1.165) is 24.6 Å². The maximum absolute atomic E-state index is 13.2. The molecule has 4 heteroatoms. The van der Waals surface area contributed by atoms with Gasteiger partial charge in [-0.05, 0) is 25.0 Å². The van der Waals surface area contributed by atoms with Crippen LogP contribution < -0.4 is 0 Å². The van der Waals surface area contributed by atoms with Gasteiger partial charge in [0, 0.05) is 12.1 Å². The topological polar surface area (TPSA) is 34.9 Å². The molecule has 3 nitrogen and oxygen atoms in total. The number of halogens is 1. The van der Waals surface area contributed by atoms with Crippen molar-refractivity contribution in [2.24, 2.45) is 0 Å². The van der Waals surface area contributed by atoms with E-state index in [-0.39, 0.29) is 5.82 Å². The van der Waals surface area contributed by atoms with Gasteiger partial charge in [0.05, 0.1) is 11.0 Å². The quantitative estimate of drug-likeness (QED) is 0.760. The lowest BCUT2D eigenvalue weighted by atomic mass is 9.95. The third kappa shape index (κ3) is 1.82. The number of hydrogen-bond donors (Lipinski definition) is 0. The molecule has 94 valence electrons. The third-order valence-electron chi connectivity index (χ3n) is 3.72. The molecular formula is C14H15FN2O. The molecule has 1 heterocycles. The molecule has 0 atom stereocenters. The highest BCUT2D eigenvalue weighted by Crippen LogP contribution is 2.32. The second kappa shape index (κ2) is 4.52. The monoisotopic (exact) mass is 246 g/mol. The molecule has 1 aromatic carbocycles. The summed E-state index contributed by atoms with van der Waals surface area (Å²) in [6, 6.07) is 4.87. The Morgan fingerprint density at radius 3 is 2.78 bits per heavy atom. The van der Waals surface area contributed by atoms with Crippen LogP contribution in [0.15, 0.2) is 18.2 Å². The molecule has 0 amide bonds. The van der Waals surface area contributed by atoms with Crippen molar-refractivity contribution in [2.45, 2.75) is 38.1 Å². The summed E-state index contributed by atoms with van der Waals surface area (Å²) in [5.74, 6) is 0.107. The Morgan fingerprint density at radius 1 is 1.28 bits per heavy atom. The first-order chi connectivity index (χ1) is 8.79. The second-order valence-electron chi connectivity index (χ2n) is 4.88. The standard InChI is InChI=1S/C14H15FN2O/c15-10-6-7-13-12(8-10)16-14(9-18)17(13)11-4-2-1-3-5-11/h6-9,11H,1-5H2. The second-order valence-corrected chi connectivity index (χ2v) is 4.88. The molecule has 18 heavy (non-hydrogen) atoms. The molecule has 1 aliphatic rings. The first-order valence-electron chi connectivity index (χ1n) is 6.42. The number of carbonyl (C=O) groups is 1. The van der Waals surface area contributed by atoms with Gasteiger partial charge in [-0.2, -0.15) is 0 Å². The smallest absolute Gasteiger partial charge is 0.185 e. The van der Waals surface area contributed by atoms with Gasteiger partial charge in [0.2, 0.25) is 0 Å². The largest absolute Gasteiger partial charge is 0.319 e. The zero-order chi connectivity index (χ0) is 12.5. The number of rotatable bonds is 2. The Morgan fingerprint density at radius 2 is 2.06 bits per heavy atom. The summed E-state index contributed by atoms with van der Waals surface area (Å²) in [7, 11) is 0. The summed E-state index contributed by atoms with van der Waals surface area (Å²) in [4.78, 5) is 15.4. The molecule has 0 N–H and O–H groups in total. The highest BCUT2D eigenvalue weighted by Gasteiger charge is 2.21. The van der Waals surface area contributed by atoms with E-state index < -0.39 is 0 Å². The average molecular weight is 246 g/mol. The molecule has 0 radical (unpaired) electrons. The van der Waals surface area contributed by atoms with Gasteiger partial charge in [0.1, 0.15) is 5.82 Å². The van der Waals surface area contributed by atoms with Crippen LogP contribution in [-0.2, 0) is 0 Å². The molecule has 2 aromatic rings. The van der Waals surface area contributed by atoms with Gasteiger partial charge in [-0.3, -0.25) is 4.79 Å². The minimum atomic E-state index is -0.312. The van der Waals surface area contributed by atoms with E-state index in [1.165, 1.54) is 31.4 Å². The fourth-order valence-electron chi connectivity index (χ4n) is 2.90. The lowest BCUT2D eigenvalue weighted by Gasteiger charge is -2.24. The summed E-state index contributed by atoms with van der Waals surface area (Å²) in [5.41, 5.74) is 1.44. The maximum Gasteiger partial charge on any atom is 0.185 e. The van der Waals surface area contributed by atoms with Gasteiger partial charge in [-0.15, -0.1) is 0 Å². The Bertz CT molecular complexity index is 585. The minimum absolute atomic E-state index is 0.312. The zero-order valence-electron chi connectivity index (χ0n) is 10.1. The molecule has 0 spiro atoms. The molecule has 3 rings (SSSR count). The van der Waals surface area contributed by atoms with Crippen molar-refractivity contribution in [3.63, 3.8) is 0 Å².